The van der Waals surface area contributed by atoms with Crippen molar-refractivity contribution in [2.75, 3.05) is 25.0 Å². The highest BCUT2D eigenvalue weighted by Gasteiger charge is 2.24. The van der Waals surface area contributed by atoms with Gasteiger partial charge in [0, 0.05) is 47.6 Å². The van der Waals surface area contributed by atoms with Gasteiger partial charge in [-0.3, -0.25) is 9.69 Å². The van der Waals surface area contributed by atoms with Crippen LogP contribution in [0.2, 0.25) is 5.02 Å². The van der Waals surface area contributed by atoms with Crippen LogP contribution in [0, 0.1) is 5.82 Å². The first-order valence-corrected chi connectivity index (χ1v) is 16.8. The maximum Gasteiger partial charge on any atom is 0.323 e. The van der Waals surface area contributed by atoms with Gasteiger partial charge >= 0.3 is 5.69 Å². The van der Waals surface area contributed by atoms with Crippen molar-refractivity contribution in [3.05, 3.63) is 123 Å². The molecule has 2 aliphatic rings. The summed E-state index contributed by atoms with van der Waals surface area (Å²) in [6.45, 7) is 3.60. The van der Waals surface area contributed by atoms with Crippen LogP contribution in [0.4, 0.5) is 10.1 Å². The molecule has 1 atom stereocenters. The lowest BCUT2D eigenvalue weighted by Gasteiger charge is -2.29. The molecule has 1 amide bonds. The number of aromatic nitrogens is 5. The van der Waals surface area contributed by atoms with Crippen molar-refractivity contribution in [3.8, 4) is 5.88 Å². The Hall–Kier alpha value is -5.30. The number of carbonyl (C=O) groups is 1. The Morgan fingerprint density at radius 3 is 2.74 bits per heavy atom. The number of rotatable bonds is 10. The van der Waals surface area contributed by atoms with Gasteiger partial charge in [0.2, 0.25) is 5.88 Å². The lowest BCUT2D eigenvalue weighted by molar-refractivity contribution is -0.0591. The number of benzene rings is 3. The second-order valence-electron chi connectivity index (χ2n) is 12.5. The number of anilines is 1. The van der Waals surface area contributed by atoms with E-state index in [2.05, 4.69) is 35.8 Å². The fourth-order valence-electron chi connectivity index (χ4n) is 6.34. The quantitative estimate of drug-likeness (QED) is 0.154. The molecule has 11 nitrogen and oxygen atoms in total. The molecule has 3 aromatic carbocycles. The fraction of sp³-hybridized carbons (Fsp3) is 0.243. The van der Waals surface area contributed by atoms with Crippen LogP contribution in [-0.4, -0.2) is 61.1 Å². The molecule has 3 N–H and O–H groups in total. The van der Waals surface area contributed by atoms with Gasteiger partial charge in [-0.15, -0.1) is 0 Å². The minimum absolute atomic E-state index is 0.0543. The number of fused-ring (bicyclic) bond motifs is 2. The number of H-pyrrole nitrogens is 2. The zero-order chi connectivity index (χ0) is 34.2. The first-order valence-electron chi connectivity index (χ1n) is 16.4. The van der Waals surface area contributed by atoms with Crippen LogP contribution < -0.4 is 15.7 Å². The first-order chi connectivity index (χ1) is 24.3. The van der Waals surface area contributed by atoms with E-state index in [1.54, 1.807) is 42.5 Å². The molecule has 3 aromatic heterocycles. The van der Waals surface area contributed by atoms with E-state index in [1.165, 1.54) is 6.07 Å². The number of hydrogen-bond donors (Lipinski definition) is 3. The van der Waals surface area contributed by atoms with Crippen LogP contribution in [0.25, 0.3) is 27.6 Å². The molecule has 5 heterocycles. The number of carbonyl (C=O) groups excluding carboxylic acids is 1. The standard InChI is InChI=1S/C37H33ClFN7O4/c38-25-6-4-24(28(39)17-25)21-50-35-3-1-2-29(42-35)22-10-13-45(14-11-22)20-34-41-31-8-5-23(16-33(31)46(34)19-27-12-15-49-27)36(47)40-26-7-9-30-32(18-26)44-37(48)43-30/h1-10,16-18,27H,11-15,19-21H2,(H,40,47)(H2,43,44,48)/t27-/m0/s1. The molecule has 50 heavy (non-hydrogen) atoms. The molecule has 0 radical (unpaired) electrons. The van der Waals surface area contributed by atoms with Gasteiger partial charge in [0.15, 0.2) is 0 Å². The van der Waals surface area contributed by atoms with Gasteiger partial charge in [-0.05, 0) is 73.0 Å². The van der Waals surface area contributed by atoms with Crippen molar-refractivity contribution >= 4 is 50.8 Å². The highest BCUT2D eigenvalue weighted by atomic mass is 35.5. The smallest absolute Gasteiger partial charge is 0.323 e. The van der Waals surface area contributed by atoms with Crippen LogP contribution in [0.5, 0.6) is 5.88 Å². The van der Waals surface area contributed by atoms with Crippen molar-refractivity contribution < 1.29 is 18.7 Å². The number of hydrogen-bond acceptors (Lipinski definition) is 7. The maximum absolute atomic E-state index is 14.2. The third kappa shape index (κ3) is 6.77. The summed E-state index contributed by atoms with van der Waals surface area (Å²) in [4.78, 5) is 42.4. The molecule has 254 valence electrons. The highest BCUT2D eigenvalue weighted by molar-refractivity contribution is 6.30. The Morgan fingerprint density at radius 1 is 1.06 bits per heavy atom. The van der Waals surface area contributed by atoms with E-state index < -0.39 is 5.82 Å². The predicted molar refractivity (Wildman–Crippen MR) is 189 cm³/mol. The number of amides is 1. The molecule has 0 unspecified atom stereocenters. The summed E-state index contributed by atoms with van der Waals surface area (Å²) in [7, 11) is 0. The summed E-state index contributed by atoms with van der Waals surface area (Å²) in [5.41, 5.74) is 6.13. The van der Waals surface area contributed by atoms with Crippen molar-refractivity contribution in [2.45, 2.75) is 38.6 Å². The number of pyridine rings is 1. The number of aromatic amines is 2. The number of halogens is 2. The van der Waals surface area contributed by atoms with E-state index in [0.29, 0.717) is 58.4 Å². The second-order valence-corrected chi connectivity index (χ2v) is 13.0. The van der Waals surface area contributed by atoms with Gasteiger partial charge in [-0.25, -0.2) is 19.2 Å². The molecule has 8 rings (SSSR count). The van der Waals surface area contributed by atoms with E-state index >= 15 is 0 Å². The minimum atomic E-state index is -0.412. The van der Waals surface area contributed by atoms with Gasteiger partial charge in [-0.1, -0.05) is 29.8 Å². The molecular formula is C37H33ClFN7O4. The van der Waals surface area contributed by atoms with Gasteiger partial charge in [0.25, 0.3) is 5.91 Å². The number of imidazole rings is 2. The van der Waals surface area contributed by atoms with E-state index in [1.807, 2.05) is 24.3 Å². The van der Waals surface area contributed by atoms with Crippen LogP contribution >= 0.6 is 11.6 Å². The molecule has 0 aliphatic carbocycles. The lowest BCUT2D eigenvalue weighted by Crippen LogP contribution is -2.33. The average molecular weight is 694 g/mol. The van der Waals surface area contributed by atoms with E-state index in [0.717, 1.165) is 54.1 Å². The highest BCUT2D eigenvalue weighted by Crippen LogP contribution is 2.27. The summed E-state index contributed by atoms with van der Waals surface area (Å²) in [5.74, 6) is 0.672. The van der Waals surface area contributed by atoms with Crippen molar-refractivity contribution in [1.29, 1.82) is 0 Å². The molecule has 1 saturated heterocycles. The van der Waals surface area contributed by atoms with Crippen LogP contribution in [0.15, 0.2) is 83.7 Å². The number of ether oxygens (including phenoxy) is 2. The Labute approximate surface area is 290 Å². The summed E-state index contributed by atoms with van der Waals surface area (Å²) >= 11 is 5.87. The third-order valence-electron chi connectivity index (χ3n) is 9.14. The average Bonchev–Trinajstić information content (AvgIpc) is 3.64. The molecule has 0 bridgehead atoms. The van der Waals surface area contributed by atoms with Gasteiger partial charge in [0.05, 0.1) is 47.0 Å². The Kier molecular flexibility index (Phi) is 8.65. The summed E-state index contributed by atoms with van der Waals surface area (Å²) in [5, 5.41) is 3.28. The Morgan fingerprint density at radius 2 is 1.94 bits per heavy atom. The lowest BCUT2D eigenvalue weighted by atomic mass is 10.0. The van der Waals surface area contributed by atoms with E-state index in [4.69, 9.17) is 26.1 Å². The predicted octanol–water partition coefficient (Wildman–Crippen LogP) is 6.30. The van der Waals surface area contributed by atoms with Crippen LogP contribution in [0.3, 0.4) is 0 Å². The molecule has 13 heteroatoms. The van der Waals surface area contributed by atoms with Crippen LogP contribution in [0.1, 0.15) is 40.3 Å². The minimum Gasteiger partial charge on any atom is -0.473 e. The Bertz CT molecular complexity index is 2330. The maximum atomic E-state index is 14.2. The zero-order valence-corrected chi connectivity index (χ0v) is 27.7. The molecule has 6 aromatic rings. The van der Waals surface area contributed by atoms with E-state index in [9.17, 15) is 14.0 Å². The summed E-state index contributed by atoms with van der Waals surface area (Å²) in [6, 6.07) is 20.9. The number of nitrogens with one attached hydrogen (secondary N) is 3. The van der Waals surface area contributed by atoms with Gasteiger partial charge in [0.1, 0.15) is 18.2 Å². The Balaban J connectivity index is 0.969. The summed E-state index contributed by atoms with van der Waals surface area (Å²) < 4.78 is 28.0. The van der Waals surface area contributed by atoms with Gasteiger partial charge < -0.3 is 29.3 Å². The molecule has 0 spiro atoms. The fourth-order valence-corrected chi connectivity index (χ4v) is 6.49. The SMILES string of the molecule is O=C(Nc1ccc2[nH]c(=O)[nH]c2c1)c1ccc2nc(CN3CC=C(c4cccc(OCc5ccc(Cl)cc5F)n4)CC3)n(C[C@@H]3CCO3)c2c1. The first kappa shape index (κ1) is 31.9. The zero-order valence-electron chi connectivity index (χ0n) is 26.9. The summed E-state index contributed by atoms with van der Waals surface area (Å²) in [6.07, 6.45) is 4.05. The van der Waals surface area contributed by atoms with Gasteiger partial charge in [-0.2, -0.15) is 0 Å². The largest absolute Gasteiger partial charge is 0.473 e. The normalized spacial score (nSPS) is 16.4. The van der Waals surface area contributed by atoms with Crippen molar-refractivity contribution in [1.82, 2.24) is 29.4 Å². The topological polar surface area (TPSA) is 130 Å². The molecular weight excluding hydrogens is 661 g/mol. The van der Waals surface area contributed by atoms with Crippen LogP contribution in [-0.2, 0) is 24.4 Å². The molecule has 0 saturated carbocycles. The molecule has 2 aliphatic heterocycles. The van der Waals surface area contributed by atoms with Crippen molar-refractivity contribution in [3.63, 3.8) is 0 Å². The monoisotopic (exact) mass is 693 g/mol. The van der Waals surface area contributed by atoms with E-state index in [-0.39, 0.29) is 24.3 Å². The van der Waals surface area contributed by atoms with Crippen molar-refractivity contribution in [2.24, 2.45) is 0 Å². The third-order valence-corrected chi connectivity index (χ3v) is 9.38. The number of nitrogens with zero attached hydrogens (tertiary/aromatic N) is 4. The second kappa shape index (κ2) is 13.5. The molecule has 1 fully saturated rings.